The van der Waals surface area contributed by atoms with Crippen LogP contribution in [0.2, 0.25) is 0 Å². The van der Waals surface area contributed by atoms with Crippen LogP contribution in [0.15, 0.2) is 10.6 Å². The molecule has 0 radical (unpaired) electrons. The molecule has 1 aromatic rings. The van der Waals surface area contributed by atoms with Gasteiger partial charge in [0.25, 0.3) is 0 Å². The van der Waals surface area contributed by atoms with Gasteiger partial charge < -0.3 is 19.6 Å². The Kier molecular flexibility index (Phi) is 9.47. The van der Waals surface area contributed by atoms with Crippen molar-refractivity contribution in [1.82, 2.24) is 15.0 Å². The largest absolute Gasteiger partial charge is 0.360 e. The molecule has 1 atom stereocenters. The van der Waals surface area contributed by atoms with Gasteiger partial charge in [-0.1, -0.05) is 38.3 Å². The number of nitrogens with one attached hydrogen (secondary N) is 1. The summed E-state index contributed by atoms with van der Waals surface area (Å²) in [5, 5.41) is 6.54. The summed E-state index contributed by atoms with van der Waals surface area (Å²) >= 11 is 0. The van der Waals surface area contributed by atoms with Gasteiger partial charge in [-0.25, -0.2) is 0 Å². The molecule has 1 fully saturated rings. The standard InChI is InChI=1S/C21H36N4O3/c1-4-6-10-18(5-2)21(27)25(14-13-24-11-8-7-9-12-24)16-20(26)22-19-15-17(3)28-23-19/h15,18H,4-14,16H2,1-3H3,(H,22,23,26)/t18-/m0/s1. The molecule has 2 heterocycles. The van der Waals surface area contributed by atoms with Crippen LogP contribution < -0.4 is 5.32 Å². The second kappa shape index (κ2) is 11.8. The van der Waals surface area contributed by atoms with Crippen LogP contribution in [0.5, 0.6) is 0 Å². The van der Waals surface area contributed by atoms with Crippen molar-refractivity contribution in [2.24, 2.45) is 5.92 Å². The van der Waals surface area contributed by atoms with E-state index >= 15 is 0 Å². The number of unbranched alkanes of at least 4 members (excludes halogenated alkanes) is 1. The first-order chi connectivity index (χ1) is 13.5. The SMILES string of the molecule is CCCC[C@H](CC)C(=O)N(CCN1CCCCC1)CC(=O)Nc1cc(C)on1. The maximum absolute atomic E-state index is 13.1. The van der Waals surface area contributed by atoms with E-state index in [0.717, 1.165) is 45.3 Å². The van der Waals surface area contributed by atoms with Gasteiger partial charge in [0.1, 0.15) is 5.76 Å². The first kappa shape index (κ1) is 22.4. The van der Waals surface area contributed by atoms with E-state index in [9.17, 15) is 9.59 Å². The molecule has 0 bridgehead atoms. The number of piperidine rings is 1. The number of anilines is 1. The quantitative estimate of drug-likeness (QED) is 0.624. The third-order valence-electron chi connectivity index (χ3n) is 5.42. The Hall–Kier alpha value is -1.89. The summed E-state index contributed by atoms with van der Waals surface area (Å²) in [7, 11) is 0. The van der Waals surface area contributed by atoms with Crippen molar-refractivity contribution in [2.75, 3.05) is 38.0 Å². The topological polar surface area (TPSA) is 78.7 Å². The van der Waals surface area contributed by atoms with E-state index in [4.69, 9.17) is 4.52 Å². The molecule has 1 N–H and O–H groups in total. The number of hydrogen-bond donors (Lipinski definition) is 1. The number of rotatable bonds is 11. The van der Waals surface area contributed by atoms with E-state index in [-0.39, 0.29) is 24.3 Å². The monoisotopic (exact) mass is 392 g/mol. The molecular weight excluding hydrogens is 356 g/mol. The smallest absolute Gasteiger partial charge is 0.245 e. The highest BCUT2D eigenvalue weighted by Gasteiger charge is 2.25. The number of amides is 2. The predicted molar refractivity (Wildman–Crippen MR) is 110 cm³/mol. The van der Waals surface area contributed by atoms with Crippen molar-refractivity contribution >= 4 is 17.6 Å². The van der Waals surface area contributed by atoms with Crippen molar-refractivity contribution in [3.8, 4) is 0 Å². The van der Waals surface area contributed by atoms with E-state index in [2.05, 4.69) is 29.2 Å². The highest BCUT2D eigenvalue weighted by atomic mass is 16.5. The molecule has 0 aliphatic carbocycles. The molecule has 1 aliphatic rings. The fourth-order valence-corrected chi connectivity index (χ4v) is 3.70. The number of aromatic nitrogens is 1. The maximum Gasteiger partial charge on any atom is 0.245 e. The van der Waals surface area contributed by atoms with E-state index in [1.807, 2.05) is 0 Å². The summed E-state index contributed by atoms with van der Waals surface area (Å²) in [5.41, 5.74) is 0. The van der Waals surface area contributed by atoms with Gasteiger partial charge in [-0.15, -0.1) is 0 Å². The van der Waals surface area contributed by atoms with Gasteiger partial charge in [0.05, 0.1) is 6.54 Å². The number of aryl methyl sites for hydroxylation is 1. The van der Waals surface area contributed by atoms with Crippen LogP contribution in [0.3, 0.4) is 0 Å². The zero-order chi connectivity index (χ0) is 20.4. The van der Waals surface area contributed by atoms with Crippen LogP contribution in [0.25, 0.3) is 0 Å². The van der Waals surface area contributed by atoms with Crippen molar-refractivity contribution in [1.29, 1.82) is 0 Å². The molecule has 7 nitrogen and oxygen atoms in total. The summed E-state index contributed by atoms with van der Waals surface area (Å²) in [6, 6.07) is 1.67. The van der Waals surface area contributed by atoms with E-state index in [1.165, 1.54) is 19.3 Å². The molecule has 0 spiro atoms. The van der Waals surface area contributed by atoms with Gasteiger partial charge in [-0.05, 0) is 45.7 Å². The summed E-state index contributed by atoms with van der Waals surface area (Å²) in [6.45, 7) is 9.60. The number of nitrogens with zero attached hydrogens (tertiary/aromatic N) is 3. The van der Waals surface area contributed by atoms with Gasteiger partial charge in [0, 0.05) is 25.1 Å². The molecule has 28 heavy (non-hydrogen) atoms. The van der Waals surface area contributed by atoms with Crippen molar-refractivity contribution in [3.05, 3.63) is 11.8 Å². The van der Waals surface area contributed by atoms with Crippen molar-refractivity contribution in [2.45, 2.75) is 65.7 Å². The normalized spacial score (nSPS) is 16.0. The van der Waals surface area contributed by atoms with E-state index in [0.29, 0.717) is 18.1 Å². The Morgan fingerprint density at radius 1 is 1.29 bits per heavy atom. The lowest BCUT2D eigenvalue weighted by atomic mass is 9.97. The number of carbonyl (C=O) groups is 2. The zero-order valence-electron chi connectivity index (χ0n) is 17.7. The Morgan fingerprint density at radius 2 is 2.04 bits per heavy atom. The van der Waals surface area contributed by atoms with Gasteiger partial charge in [-0.3, -0.25) is 9.59 Å². The highest BCUT2D eigenvalue weighted by molar-refractivity contribution is 5.94. The molecule has 0 unspecified atom stereocenters. The van der Waals surface area contributed by atoms with E-state index < -0.39 is 0 Å². The first-order valence-electron chi connectivity index (χ1n) is 10.8. The predicted octanol–water partition coefficient (Wildman–Crippen LogP) is 3.45. The molecule has 1 aromatic heterocycles. The molecule has 1 aliphatic heterocycles. The van der Waals surface area contributed by atoms with Crippen molar-refractivity contribution in [3.63, 3.8) is 0 Å². The average Bonchev–Trinajstić information content (AvgIpc) is 3.10. The zero-order valence-corrected chi connectivity index (χ0v) is 17.7. The summed E-state index contributed by atoms with van der Waals surface area (Å²) in [5.74, 6) is 0.886. The van der Waals surface area contributed by atoms with Crippen LogP contribution >= 0.6 is 0 Å². The third-order valence-corrected chi connectivity index (χ3v) is 5.42. The van der Waals surface area contributed by atoms with Crippen LogP contribution in [0, 0.1) is 12.8 Å². The molecule has 0 aromatic carbocycles. The second-order valence-electron chi connectivity index (χ2n) is 7.78. The lowest BCUT2D eigenvalue weighted by molar-refractivity contribution is -0.139. The molecule has 0 saturated carbocycles. The van der Waals surface area contributed by atoms with Gasteiger partial charge in [0.15, 0.2) is 5.82 Å². The number of carbonyl (C=O) groups excluding carboxylic acids is 2. The minimum atomic E-state index is -0.231. The summed E-state index contributed by atoms with van der Waals surface area (Å²) in [4.78, 5) is 29.8. The first-order valence-corrected chi connectivity index (χ1v) is 10.8. The Balaban J connectivity index is 1.98. The Morgan fingerprint density at radius 3 is 2.64 bits per heavy atom. The lowest BCUT2D eigenvalue weighted by Crippen LogP contribution is -2.45. The minimum absolute atomic E-state index is 0.0107. The molecule has 7 heteroatoms. The molecule has 2 amide bonds. The summed E-state index contributed by atoms with van der Waals surface area (Å²) < 4.78 is 4.99. The van der Waals surface area contributed by atoms with Gasteiger partial charge in [0.2, 0.25) is 11.8 Å². The molecule has 1 saturated heterocycles. The molecular formula is C21H36N4O3. The lowest BCUT2D eigenvalue weighted by Gasteiger charge is -2.31. The van der Waals surface area contributed by atoms with Gasteiger partial charge >= 0.3 is 0 Å². The van der Waals surface area contributed by atoms with Crippen LogP contribution in [0.4, 0.5) is 5.82 Å². The Labute approximate surface area is 168 Å². The fourth-order valence-electron chi connectivity index (χ4n) is 3.70. The fraction of sp³-hybridized carbons (Fsp3) is 0.762. The number of hydrogen-bond acceptors (Lipinski definition) is 5. The van der Waals surface area contributed by atoms with Crippen molar-refractivity contribution < 1.29 is 14.1 Å². The maximum atomic E-state index is 13.1. The van der Waals surface area contributed by atoms with Crippen LogP contribution in [-0.4, -0.2) is 59.5 Å². The average molecular weight is 393 g/mol. The number of likely N-dealkylation sites (tertiary alicyclic amines) is 1. The third kappa shape index (κ3) is 7.26. The Bertz CT molecular complexity index is 611. The van der Waals surface area contributed by atoms with Crippen LogP contribution in [-0.2, 0) is 9.59 Å². The highest BCUT2D eigenvalue weighted by Crippen LogP contribution is 2.17. The van der Waals surface area contributed by atoms with Crippen LogP contribution in [0.1, 0.15) is 64.6 Å². The molecule has 158 valence electrons. The minimum Gasteiger partial charge on any atom is -0.360 e. The summed E-state index contributed by atoms with van der Waals surface area (Å²) in [6.07, 6.45) is 7.52. The second-order valence-corrected chi connectivity index (χ2v) is 7.78. The van der Waals surface area contributed by atoms with E-state index in [1.54, 1.807) is 17.9 Å². The van der Waals surface area contributed by atoms with Gasteiger partial charge in [-0.2, -0.15) is 0 Å². The molecule has 2 rings (SSSR count).